The number of rotatable bonds is 1. The summed E-state index contributed by atoms with van der Waals surface area (Å²) < 4.78 is 5.13. The van der Waals surface area contributed by atoms with Gasteiger partial charge in [0.2, 0.25) is 0 Å². The number of hydrogen-bond acceptors (Lipinski definition) is 3. The molecule has 0 aliphatic rings. The van der Waals surface area contributed by atoms with Crippen LogP contribution in [0.4, 0.5) is 0 Å². The second-order valence-electron chi connectivity index (χ2n) is 1.71. The molecule has 1 heterocycles. The van der Waals surface area contributed by atoms with Gasteiger partial charge in [0.05, 0.1) is 6.26 Å². The lowest BCUT2D eigenvalue weighted by Gasteiger charge is -1.93. The van der Waals surface area contributed by atoms with Crippen LogP contribution in [0, 0.1) is 0 Å². The van der Waals surface area contributed by atoms with Crippen LogP contribution in [-0.2, 0) is 0 Å². The molecule has 0 spiro atoms. The molecule has 1 rings (SSSR count). The summed E-state index contributed by atoms with van der Waals surface area (Å²) in [7, 11) is 1.76. The van der Waals surface area contributed by atoms with E-state index in [1.807, 2.05) is 18.4 Å². The molecular formula is C7H9NOS. The third-order valence-corrected chi connectivity index (χ3v) is 1.90. The molecule has 0 aromatic carbocycles. The quantitative estimate of drug-likeness (QED) is 0.458. The zero-order chi connectivity index (χ0) is 7.40. The van der Waals surface area contributed by atoms with Crippen molar-refractivity contribution in [3.63, 3.8) is 0 Å². The Bertz CT molecular complexity index is 216. The predicted octanol–water partition coefficient (Wildman–Crippen LogP) is 2.02. The van der Waals surface area contributed by atoms with E-state index in [0.29, 0.717) is 0 Å². The summed E-state index contributed by atoms with van der Waals surface area (Å²) in [5.41, 5.74) is 0. The molecule has 0 amide bonds. The van der Waals surface area contributed by atoms with Crippen molar-refractivity contribution in [1.29, 1.82) is 0 Å². The van der Waals surface area contributed by atoms with Crippen LogP contribution in [0.5, 0.6) is 0 Å². The third kappa shape index (κ3) is 1.42. The Hall–Kier alpha value is -0.700. The van der Waals surface area contributed by atoms with Gasteiger partial charge < -0.3 is 4.42 Å². The van der Waals surface area contributed by atoms with Crippen LogP contribution in [0.2, 0.25) is 0 Å². The average molecular weight is 155 g/mol. The van der Waals surface area contributed by atoms with Gasteiger partial charge in [-0.05, 0) is 18.4 Å². The summed E-state index contributed by atoms with van der Waals surface area (Å²) in [6.45, 7) is 0. The third-order valence-electron chi connectivity index (χ3n) is 1.13. The number of hydrogen-bond donors (Lipinski definition) is 0. The Morgan fingerprint density at radius 1 is 1.70 bits per heavy atom. The SMILES string of the molecule is CN=C(SC)c1ccco1. The molecule has 0 radical (unpaired) electrons. The van der Waals surface area contributed by atoms with E-state index in [4.69, 9.17) is 4.42 Å². The molecule has 0 aliphatic carbocycles. The van der Waals surface area contributed by atoms with Gasteiger partial charge >= 0.3 is 0 Å². The molecule has 0 fully saturated rings. The van der Waals surface area contributed by atoms with Crippen LogP contribution in [-0.4, -0.2) is 18.3 Å². The fourth-order valence-corrected chi connectivity index (χ4v) is 1.20. The van der Waals surface area contributed by atoms with E-state index < -0.39 is 0 Å². The van der Waals surface area contributed by atoms with Crippen LogP contribution < -0.4 is 0 Å². The standard InChI is InChI=1S/C7H9NOS/c1-8-7(10-2)6-4-3-5-9-6/h3-5H,1-2H3. The van der Waals surface area contributed by atoms with Crippen molar-refractivity contribution in [3.05, 3.63) is 24.2 Å². The van der Waals surface area contributed by atoms with Crippen molar-refractivity contribution in [2.24, 2.45) is 4.99 Å². The largest absolute Gasteiger partial charge is 0.462 e. The molecule has 54 valence electrons. The molecule has 0 saturated heterocycles. The molecule has 1 aromatic heterocycles. The first-order valence-electron chi connectivity index (χ1n) is 2.93. The Balaban J connectivity index is 2.85. The van der Waals surface area contributed by atoms with Crippen molar-refractivity contribution < 1.29 is 4.42 Å². The van der Waals surface area contributed by atoms with Crippen molar-refractivity contribution in [2.45, 2.75) is 0 Å². The lowest BCUT2D eigenvalue weighted by molar-refractivity contribution is 0.559. The molecule has 2 nitrogen and oxygen atoms in total. The maximum atomic E-state index is 5.13. The minimum Gasteiger partial charge on any atom is -0.462 e. The van der Waals surface area contributed by atoms with Crippen LogP contribution in [0.15, 0.2) is 27.8 Å². The maximum absolute atomic E-state index is 5.13. The van der Waals surface area contributed by atoms with Crippen molar-refractivity contribution in [2.75, 3.05) is 13.3 Å². The van der Waals surface area contributed by atoms with E-state index in [1.165, 1.54) is 0 Å². The van der Waals surface area contributed by atoms with Crippen LogP contribution in [0.1, 0.15) is 5.76 Å². The molecule has 3 heteroatoms. The Kier molecular flexibility index (Phi) is 2.57. The lowest BCUT2D eigenvalue weighted by atomic mass is 10.5. The summed E-state index contributed by atoms with van der Waals surface area (Å²) >= 11 is 1.58. The van der Waals surface area contributed by atoms with E-state index in [2.05, 4.69) is 4.99 Å². The molecule has 1 aromatic rings. The van der Waals surface area contributed by atoms with E-state index in [1.54, 1.807) is 25.1 Å². The monoisotopic (exact) mass is 155 g/mol. The number of aliphatic imine (C=N–C) groups is 1. The van der Waals surface area contributed by atoms with Gasteiger partial charge in [0.25, 0.3) is 0 Å². The fraction of sp³-hybridized carbons (Fsp3) is 0.286. The minimum atomic E-state index is 0.843. The molecule has 0 saturated carbocycles. The normalized spacial score (nSPS) is 12.0. The highest BCUT2D eigenvalue weighted by Crippen LogP contribution is 2.10. The summed E-state index contributed by atoms with van der Waals surface area (Å²) in [6.07, 6.45) is 3.63. The highest BCUT2D eigenvalue weighted by molar-refractivity contribution is 8.13. The predicted molar refractivity (Wildman–Crippen MR) is 44.7 cm³/mol. The highest BCUT2D eigenvalue weighted by Gasteiger charge is 2.01. The van der Waals surface area contributed by atoms with Crippen LogP contribution in [0.25, 0.3) is 0 Å². The Morgan fingerprint density at radius 2 is 2.50 bits per heavy atom. The number of nitrogens with zero attached hydrogens (tertiary/aromatic N) is 1. The smallest absolute Gasteiger partial charge is 0.158 e. The fourth-order valence-electron chi connectivity index (χ4n) is 0.702. The molecule has 10 heavy (non-hydrogen) atoms. The van der Waals surface area contributed by atoms with Crippen LogP contribution in [0.3, 0.4) is 0 Å². The summed E-state index contributed by atoms with van der Waals surface area (Å²) in [6, 6.07) is 3.76. The first kappa shape index (κ1) is 7.41. The van der Waals surface area contributed by atoms with Gasteiger partial charge in [-0.1, -0.05) is 0 Å². The van der Waals surface area contributed by atoms with E-state index in [9.17, 15) is 0 Å². The minimum absolute atomic E-state index is 0.843. The first-order valence-corrected chi connectivity index (χ1v) is 4.15. The zero-order valence-electron chi connectivity index (χ0n) is 6.00. The van der Waals surface area contributed by atoms with Crippen molar-refractivity contribution >= 4 is 16.8 Å². The van der Waals surface area contributed by atoms with Gasteiger partial charge in [0, 0.05) is 7.05 Å². The van der Waals surface area contributed by atoms with Gasteiger partial charge in [-0.15, -0.1) is 11.8 Å². The summed E-state index contributed by atoms with van der Waals surface area (Å²) in [5, 5.41) is 0.935. The van der Waals surface area contributed by atoms with Gasteiger partial charge in [-0.2, -0.15) is 0 Å². The Morgan fingerprint density at radius 3 is 2.90 bits per heavy atom. The van der Waals surface area contributed by atoms with Gasteiger partial charge in [-0.3, -0.25) is 4.99 Å². The molecule has 0 bridgehead atoms. The Labute approximate surface area is 64.3 Å². The van der Waals surface area contributed by atoms with Crippen molar-refractivity contribution in [1.82, 2.24) is 0 Å². The van der Waals surface area contributed by atoms with Gasteiger partial charge in [0.1, 0.15) is 5.04 Å². The molecular weight excluding hydrogens is 146 g/mol. The first-order chi connectivity index (χ1) is 4.88. The summed E-state index contributed by atoms with van der Waals surface area (Å²) in [5.74, 6) is 0.843. The maximum Gasteiger partial charge on any atom is 0.158 e. The van der Waals surface area contributed by atoms with E-state index >= 15 is 0 Å². The second-order valence-corrected chi connectivity index (χ2v) is 2.51. The lowest BCUT2D eigenvalue weighted by Crippen LogP contribution is -1.89. The number of thioether (sulfide) groups is 1. The topological polar surface area (TPSA) is 25.5 Å². The molecule has 0 unspecified atom stereocenters. The van der Waals surface area contributed by atoms with E-state index in [0.717, 1.165) is 10.8 Å². The second kappa shape index (κ2) is 3.46. The van der Waals surface area contributed by atoms with E-state index in [-0.39, 0.29) is 0 Å². The highest BCUT2D eigenvalue weighted by atomic mass is 32.2. The van der Waals surface area contributed by atoms with Crippen molar-refractivity contribution in [3.8, 4) is 0 Å². The number of furan rings is 1. The van der Waals surface area contributed by atoms with Crippen LogP contribution >= 0.6 is 11.8 Å². The average Bonchev–Trinajstić information content (AvgIpc) is 2.43. The molecule has 0 atom stereocenters. The summed E-state index contributed by atoms with van der Waals surface area (Å²) in [4.78, 5) is 4.03. The molecule has 0 aliphatic heterocycles. The van der Waals surface area contributed by atoms with Gasteiger partial charge in [0.15, 0.2) is 5.76 Å². The molecule has 0 N–H and O–H groups in total. The zero-order valence-corrected chi connectivity index (χ0v) is 6.81. The van der Waals surface area contributed by atoms with Gasteiger partial charge in [-0.25, -0.2) is 0 Å².